The third kappa shape index (κ3) is 2.05. The van der Waals surface area contributed by atoms with Crippen LogP contribution < -0.4 is 10.0 Å². The van der Waals surface area contributed by atoms with Gasteiger partial charge < -0.3 is 5.73 Å². The summed E-state index contributed by atoms with van der Waals surface area (Å²) >= 11 is 0. The van der Waals surface area contributed by atoms with Gasteiger partial charge in [0.05, 0.1) is 10.9 Å². The van der Waals surface area contributed by atoms with Crippen LogP contribution in [0.1, 0.15) is 17.5 Å². The molecule has 0 aromatic heterocycles. The number of rotatable bonds is 2. The van der Waals surface area contributed by atoms with E-state index in [9.17, 15) is 8.42 Å². The minimum absolute atomic E-state index is 0.198. The smallest absolute Gasteiger partial charge is 0.239 e. The van der Waals surface area contributed by atoms with Crippen molar-refractivity contribution in [3.63, 3.8) is 0 Å². The van der Waals surface area contributed by atoms with E-state index in [1.165, 1.54) is 4.31 Å². The zero-order valence-corrected chi connectivity index (χ0v) is 11.0. The highest BCUT2D eigenvalue weighted by atomic mass is 32.2. The van der Waals surface area contributed by atoms with Gasteiger partial charge >= 0.3 is 0 Å². The van der Waals surface area contributed by atoms with Crippen molar-refractivity contribution < 1.29 is 8.42 Å². The summed E-state index contributed by atoms with van der Waals surface area (Å²) in [5.74, 6) is 0. The summed E-state index contributed by atoms with van der Waals surface area (Å²) in [4.78, 5) is 0. The van der Waals surface area contributed by atoms with Crippen LogP contribution in [0.15, 0.2) is 18.2 Å². The molecule has 2 rings (SSSR count). The SMILES string of the molecule is Cc1ccc(N2CC[C@@H](CN)S2(=O)=O)c(C)c1. The average molecular weight is 254 g/mol. The zero-order valence-electron chi connectivity index (χ0n) is 10.2. The molecule has 0 saturated carbocycles. The summed E-state index contributed by atoms with van der Waals surface area (Å²) in [6.07, 6.45) is 0.617. The highest BCUT2D eigenvalue weighted by Gasteiger charge is 2.38. The summed E-state index contributed by atoms with van der Waals surface area (Å²) in [5, 5.41) is -0.428. The molecule has 1 aliphatic rings. The lowest BCUT2D eigenvalue weighted by Crippen LogP contribution is -2.33. The van der Waals surface area contributed by atoms with Crippen LogP contribution in [0.2, 0.25) is 0 Å². The van der Waals surface area contributed by atoms with E-state index in [4.69, 9.17) is 5.73 Å². The molecule has 4 nitrogen and oxygen atoms in total. The lowest BCUT2D eigenvalue weighted by Gasteiger charge is -2.21. The van der Waals surface area contributed by atoms with Crippen LogP contribution >= 0.6 is 0 Å². The number of anilines is 1. The first-order valence-corrected chi connectivity index (χ1v) is 7.26. The fraction of sp³-hybridized carbons (Fsp3) is 0.500. The largest absolute Gasteiger partial charge is 0.329 e. The first-order chi connectivity index (χ1) is 7.96. The Kier molecular flexibility index (Phi) is 3.14. The fourth-order valence-electron chi connectivity index (χ4n) is 2.30. The molecule has 0 bridgehead atoms. The second-order valence-electron chi connectivity index (χ2n) is 4.55. The van der Waals surface area contributed by atoms with Gasteiger partial charge in [-0.3, -0.25) is 4.31 Å². The molecule has 0 radical (unpaired) electrons. The van der Waals surface area contributed by atoms with Gasteiger partial charge in [0, 0.05) is 13.1 Å². The molecule has 0 unspecified atom stereocenters. The van der Waals surface area contributed by atoms with Gasteiger partial charge in [0.2, 0.25) is 10.0 Å². The van der Waals surface area contributed by atoms with Gasteiger partial charge in [-0.05, 0) is 31.9 Å². The van der Waals surface area contributed by atoms with Crippen LogP contribution in [0, 0.1) is 13.8 Å². The van der Waals surface area contributed by atoms with E-state index in [1.54, 1.807) is 0 Å². The van der Waals surface area contributed by atoms with Gasteiger partial charge in [0.25, 0.3) is 0 Å². The molecule has 0 spiro atoms. The van der Waals surface area contributed by atoms with E-state index >= 15 is 0 Å². The Morgan fingerprint density at radius 2 is 2.12 bits per heavy atom. The number of nitrogens with two attached hydrogens (primary N) is 1. The maximum absolute atomic E-state index is 12.2. The topological polar surface area (TPSA) is 63.4 Å². The van der Waals surface area contributed by atoms with Gasteiger partial charge in [-0.25, -0.2) is 8.42 Å². The van der Waals surface area contributed by atoms with E-state index in [2.05, 4.69) is 0 Å². The number of nitrogens with zero attached hydrogens (tertiary/aromatic N) is 1. The first-order valence-electron chi connectivity index (χ1n) is 5.75. The minimum atomic E-state index is -3.26. The quantitative estimate of drug-likeness (QED) is 0.861. The number of hydrogen-bond acceptors (Lipinski definition) is 3. The Labute approximate surface area is 102 Å². The summed E-state index contributed by atoms with van der Waals surface area (Å²) in [5.41, 5.74) is 8.42. The third-order valence-electron chi connectivity index (χ3n) is 3.27. The van der Waals surface area contributed by atoms with Gasteiger partial charge in [0.15, 0.2) is 0 Å². The molecule has 0 aliphatic carbocycles. The number of aryl methyl sites for hydroxylation is 2. The highest BCUT2D eigenvalue weighted by molar-refractivity contribution is 7.93. The molecule has 2 N–H and O–H groups in total. The van der Waals surface area contributed by atoms with E-state index < -0.39 is 15.3 Å². The Morgan fingerprint density at radius 1 is 1.41 bits per heavy atom. The third-order valence-corrected chi connectivity index (χ3v) is 5.53. The monoisotopic (exact) mass is 254 g/mol. The van der Waals surface area contributed by atoms with Crippen LogP contribution in [-0.2, 0) is 10.0 Å². The van der Waals surface area contributed by atoms with Crippen molar-refractivity contribution in [2.45, 2.75) is 25.5 Å². The molecule has 1 aromatic carbocycles. The van der Waals surface area contributed by atoms with Crippen molar-refractivity contribution in [3.05, 3.63) is 29.3 Å². The predicted octanol–water partition coefficient (Wildman–Crippen LogP) is 1.17. The van der Waals surface area contributed by atoms with Crippen molar-refractivity contribution in [2.24, 2.45) is 5.73 Å². The Hall–Kier alpha value is -1.07. The maximum atomic E-state index is 12.2. The number of sulfonamides is 1. The molecular formula is C12H18N2O2S. The van der Waals surface area contributed by atoms with Crippen molar-refractivity contribution >= 4 is 15.7 Å². The molecule has 1 aliphatic heterocycles. The summed E-state index contributed by atoms with van der Waals surface area (Å²) < 4.78 is 25.9. The molecule has 1 fully saturated rings. The molecule has 1 saturated heterocycles. The minimum Gasteiger partial charge on any atom is -0.329 e. The van der Waals surface area contributed by atoms with Crippen molar-refractivity contribution in [3.8, 4) is 0 Å². The number of hydrogen-bond donors (Lipinski definition) is 1. The second-order valence-corrected chi connectivity index (χ2v) is 6.69. The van der Waals surface area contributed by atoms with E-state index in [0.29, 0.717) is 13.0 Å². The predicted molar refractivity (Wildman–Crippen MR) is 69.6 cm³/mol. The van der Waals surface area contributed by atoms with Crippen LogP contribution in [0.25, 0.3) is 0 Å². The van der Waals surface area contributed by atoms with Gasteiger partial charge in [0.1, 0.15) is 0 Å². The average Bonchev–Trinajstić information content (AvgIpc) is 2.54. The second kappa shape index (κ2) is 4.31. The van der Waals surface area contributed by atoms with E-state index in [1.807, 2.05) is 32.0 Å². The highest BCUT2D eigenvalue weighted by Crippen LogP contribution is 2.30. The van der Waals surface area contributed by atoms with Crippen molar-refractivity contribution in [1.82, 2.24) is 0 Å². The molecule has 1 heterocycles. The molecule has 94 valence electrons. The van der Waals surface area contributed by atoms with Crippen molar-refractivity contribution in [1.29, 1.82) is 0 Å². The molecular weight excluding hydrogens is 236 g/mol. The zero-order chi connectivity index (χ0) is 12.6. The molecule has 5 heteroatoms. The van der Waals surface area contributed by atoms with Crippen LogP contribution in [0.5, 0.6) is 0 Å². The molecule has 1 atom stereocenters. The lowest BCUT2D eigenvalue weighted by atomic mass is 10.1. The first kappa shape index (κ1) is 12.4. The van der Waals surface area contributed by atoms with Gasteiger partial charge in [-0.15, -0.1) is 0 Å². The fourth-order valence-corrected chi connectivity index (χ4v) is 4.14. The standard InChI is InChI=1S/C12H18N2O2S/c1-9-3-4-12(10(2)7-9)14-6-5-11(8-13)17(14,15)16/h3-4,7,11H,5-6,8,13H2,1-2H3/t11-/m0/s1. The normalized spacial score (nSPS) is 23.0. The molecule has 1 aromatic rings. The maximum Gasteiger partial charge on any atom is 0.239 e. The van der Waals surface area contributed by atoms with E-state index in [-0.39, 0.29) is 6.54 Å². The lowest BCUT2D eigenvalue weighted by molar-refractivity contribution is 0.588. The summed E-state index contributed by atoms with van der Waals surface area (Å²) in [7, 11) is -3.26. The summed E-state index contributed by atoms with van der Waals surface area (Å²) in [6, 6.07) is 5.81. The van der Waals surface area contributed by atoms with Crippen LogP contribution in [0.4, 0.5) is 5.69 Å². The van der Waals surface area contributed by atoms with Gasteiger partial charge in [-0.1, -0.05) is 17.7 Å². The van der Waals surface area contributed by atoms with Gasteiger partial charge in [-0.2, -0.15) is 0 Å². The summed E-state index contributed by atoms with van der Waals surface area (Å²) in [6.45, 7) is 4.67. The Bertz CT molecular complexity index is 525. The molecule has 0 amide bonds. The van der Waals surface area contributed by atoms with Crippen LogP contribution in [-0.4, -0.2) is 26.8 Å². The van der Waals surface area contributed by atoms with Crippen LogP contribution in [0.3, 0.4) is 0 Å². The van der Waals surface area contributed by atoms with E-state index in [0.717, 1.165) is 16.8 Å². The number of benzene rings is 1. The molecule has 17 heavy (non-hydrogen) atoms. The van der Waals surface area contributed by atoms with Crippen molar-refractivity contribution in [2.75, 3.05) is 17.4 Å². The Morgan fingerprint density at radius 3 is 2.65 bits per heavy atom. The Balaban J connectivity index is 2.42.